The van der Waals surface area contributed by atoms with E-state index in [1.165, 1.54) is 0 Å². The summed E-state index contributed by atoms with van der Waals surface area (Å²) >= 11 is 0. The van der Waals surface area contributed by atoms with Crippen LogP contribution in [0.4, 0.5) is 0 Å². The number of carbonyl (C=O) groups is 1. The Morgan fingerprint density at radius 2 is 2.44 bits per heavy atom. The lowest BCUT2D eigenvalue weighted by Gasteiger charge is -2.34. The van der Waals surface area contributed by atoms with Gasteiger partial charge in [0, 0.05) is 7.11 Å². The molecule has 3 nitrogen and oxygen atoms in total. The van der Waals surface area contributed by atoms with Gasteiger partial charge >= 0.3 is 0 Å². The van der Waals surface area contributed by atoms with Gasteiger partial charge in [0.1, 0.15) is 6.23 Å². The van der Waals surface area contributed by atoms with Gasteiger partial charge in [-0.1, -0.05) is 6.92 Å². The highest BCUT2D eigenvalue weighted by molar-refractivity contribution is 5.85. The van der Waals surface area contributed by atoms with Gasteiger partial charge in [-0.25, -0.2) is 0 Å². The molecule has 0 aromatic rings. The molecule has 0 saturated carbocycles. The molecule has 1 heterocycles. The molecule has 1 fully saturated rings. The average Bonchev–Trinajstić information content (AvgIpc) is 1.83. The maximum Gasteiger partial charge on any atom is 0.229 e. The van der Waals surface area contributed by atoms with Crippen LogP contribution in [0, 0.1) is 5.92 Å². The molecule has 0 unspecified atom stereocenters. The summed E-state index contributed by atoms with van der Waals surface area (Å²) < 4.78 is 4.93. The van der Waals surface area contributed by atoms with E-state index >= 15 is 0 Å². The molecule has 1 amide bonds. The van der Waals surface area contributed by atoms with Crippen molar-refractivity contribution in [2.24, 2.45) is 5.92 Å². The fourth-order valence-electron chi connectivity index (χ4n) is 1.01. The molecular formula is C6H11NO2. The first kappa shape index (κ1) is 6.55. The van der Waals surface area contributed by atoms with Crippen molar-refractivity contribution in [3.63, 3.8) is 0 Å². The number of methoxy groups -OCH3 is 1. The molecule has 0 aromatic carbocycles. The van der Waals surface area contributed by atoms with Crippen molar-refractivity contribution in [1.82, 2.24) is 5.32 Å². The van der Waals surface area contributed by atoms with Crippen molar-refractivity contribution in [2.45, 2.75) is 19.6 Å². The smallest absolute Gasteiger partial charge is 0.229 e. The zero-order chi connectivity index (χ0) is 6.85. The largest absolute Gasteiger partial charge is 0.361 e. The van der Waals surface area contributed by atoms with Crippen LogP contribution >= 0.6 is 0 Å². The van der Waals surface area contributed by atoms with Crippen LogP contribution in [0.1, 0.15) is 13.3 Å². The number of rotatable bonds is 2. The average molecular weight is 129 g/mol. The van der Waals surface area contributed by atoms with E-state index in [0.717, 1.165) is 6.42 Å². The Kier molecular flexibility index (Phi) is 1.71. The minimum atomic E-state index is -0.0255. The summed E-state index contributed by atoms with van der Waals surface area (Å²) in [5.41, 5.74) is 0. The first-order valence-corrected chi connectivity index (χ1v) is 3.12. The van der Waals surface area contributed by atoms with Crippen molar-refractivity contribution >= 4 is 5.91 Å². The molecule has 1 rings (SSSR count). The maximum absolute atomic E-state index is 10.6. The van der Waals surface area contributed by atoms with Gasteiger partial charge < -0.3 is 10.1 Å². The van der Waals surface area contributed by atoms with Crippen LogP contribution in [0.15, 0.2) is 0 Å². The van der Waals surface area contributed by atoms with Crippen molar-refractivity contribution in [2.75, 3.05) is 7.11 Å². The third kappa shape index (κ3) is 0.920. The first-order chi connectivity index (χ1) is 4.29. The van der Waals surface area contributed by atoms with Crippen LogP contribution in [0.2, 0.25) is 0 Å². The van der Waals surface area contributed by atoms with Crippen molar-refractivity contribution < 1.29 is 9.53 Å². The highest BCUT2D eigenvalue weighted by Crippen LogP contribution is 2.18. The summed E-state index contributed by atoms with van der Waals surface area (Å²) in [7, 11) is 1.60. The molecule has 0 bridgehead atoms. The molecule has 52 valence electrons. The predicted octanol–water partition coefficient (Wildman–Crippen LogP) is 0.115. The lowest BCUT2D eigenvalue weighted by molar-refractivity contribution is -0.150. The van der Waals surface area contributed by atoms with E-state index in [-0.39, 0.29) is 18.1 Å². The molecule has 0 spiro atoms. The Bertz CT molecular complexity index is 124. The zero-order valence-corrected chi connectivity index (χ0v) is 5.68. The Labute approximate surface area is 54.4 Å². The van der Waals surface area contributed by atoms with E-state index in [1.54, 1.807) is 7.11 Å². The Hall–Kier alpha value is -0.570. The number of carbonyl (C=O) groups excluding carboxylic acids is 1. The number of nitrogens with one attached hydrogen (secondary N) is 1. The molecule has 0 radical (unpaired) electrons. The van der Waals surface area contributed by atoms with Gasteiger partial charge in [-0.15, -0.1) is 0 Å². The van der Waals surface area contributed by atoms with Gasteiger partial charge in [0.05, 0.1) is 5.92 Å². The fourth-order valence-corrected chi connectivity index (χ4v) is 1.01. The lowest BCUT2D eigenvalue weighted by Crippen LogP contribution is -2.58. The Morgan fingerprint density at radius 3 is 2.67 bits per heavy atom. The molecular weight excluding hydrogens is 118 g/mol. The van der Waals surface area contributed by atoms with Crippen LogP contribution in [0.3, 0.4) is 0 Å². The van der Waals surface area contributed by atoms with Gasteiger partial charge in [-0.05, 0) is 6.42 Å². The monoisotopic (exact) mass is 129 g/mol. The van der Waals surface area contributed by atoms with Crippen LogP contribution in [-0.4, -0.2) is 19.2 Å². The number of ether oxygens (including phenoxy) is 1. The Morgan fingerprint density at radius 1 is 1.78 bits per heavy atom. The summed E-state index contributed by atoms with van der Waals surface area (Å²) in [6.07, 6.45) is 0.840. The first-order valence-electron chi connectivity index (χ1n) is 3.12. The molecule has 0 aromatic heterocycles. The topological polar surface area (TPSA) is 38.3 Å². The third-order valence-corrected chi connectivity index (χ3v) is 1.68. The van der Waals surface area contributed by atoms with Crippen molar-refractivity contribution in [3.05, 3.63) is 0 Å². The maximum atomic E-state index is 10.6. The van der Waals surface area contributed by atoms with Gasteiger partial charge in [0.25, 0.3) is 0 Å². The molecule has 1 N–H and O–H groups in total. The highest BCUT2D eigenvalue weighted by atomic mass is 16.5. The number of β-lactam (4-membered cyclic amide) rings is 1. The number of hydrogen-bond donors (Lipinski definition) is 1. The summed E-state index contributed by atoms with van der Waals surface area (Å²) in [5, 5.41) is 2.63. The molecule has 1 saturated heterocycles. The molecule has 3 heteroatoms. The van der Waals surface area contributed by atoms with Crippen LogP contribution in [-0.2, 0) is 9.53 Å². The summed E-state index contributed by atoms with van der Waals surface area (Å²) in [5.74, 6) is 0.208. The van der Waals surface area contributed by atoms with Gasteiger partial charge in [-0.3, -0.25) is 4.79 Å². The van der Waals surface area contributed by atoms with Gasteiger partial charge in [-0.2, -0.15) is 0 Å². The van der Waals surface area contributed by atoms with Crippen molar-refractivity contribution in [1.29, 1.82) is 0 Å². The molecule has 9 heavy (non-hydrogen) atoms. The zero-order valence-electron chi connectivity index (χ0n) is 5.68. The van der Waals surface area contributed by atoms with E-state index in [2.05, 4.69) is 5.32 Å². The Balaban J connectivity index is 2.38. The fraction of sp³-hybridized carbons (Fsp3) is 0.833. The van der Waals surface area contributed by atoms with Crippen LogP contribution in [0.25, 0.3) is 0 Å². The van der Waals surface area contributed by atoms with Crippen LogP contribution in [0.5, 0.6) is 0 Å². The van der Waals surface area contributed by atoms with E-state index in [1.807, 2.05) is 6.92 Å². The van der Waals surface area contributed by atoms with E-state index in [9.17, 15) is 4.79 Å². The lowest BCUT2D eigenvalue weighted by atomic mass is 9.96. The second-order valence-electron chi connectivity index (χ2n) is 2.18. The highest BCUT2D eigenvalue weighted by Gasteiger charge is 2.37. The quantitative estimate of drug-likeness (QED) is 0.537. The molecule has 0 aliphatic carbocycles. The summed E-state index contributed by atoms with van der Waals surface area (Å²) in [4.78, 5) is 10.6. The second-order valence-corrected chi connectivity index (χ2v) is 2.18. The predicted molar refractivity (Wildman–Crippen MR) is 32.7 cm³/mol. The van der Waals surface area contributed by atoms with Gasteiger partial charge in [0.2, 0.25) is 5.91 Å². The summed E-state index contributed by atoms with van der Waals surface area (Å²) in [6, 6.07) is 0. The normalized spacial score (nSPS) is 33.3. The summed E-state index contributed by atoms with van der Waals surface area (Å²) in [6.45, 7) is 1.98. The van der Waals surface area contributed by atoms with E-state index < -0.39 is 0 Å². The van der Waals surface area contributed by atoms with E-state index in [0.29, 0.717) is 0 Å². The molecule has 1 aliphatic heterocycles. The second kappa shape index (κ2) is 2.35. The number of amides is 1. The van der Waals surface area contributed by atoms with E-state index in [4.69, 9.17) is 4.74 Å². The standard InChI is InChI=1S/C6H11NO2/c1-3-4-5(8)7-6(4)9-2/h4,6H,3H2,1-2H3,(H,7,8)/t4-,6+/m0/s1. The molecule has 1 aliphatic rings. The minimum Gasteiger partial charge on any atom is -0.361 e. The van der Waals surface area contributed by atoms with Crippen LogP contribution < -0.4 is 5.32 Å². The van der Waals surface area contributed by atoms with Crippen molar-refractivity contribution in [3.8, 4) is 0 Å². The minimum absolute atomic E-state index is 0.0255. The number of hydrogen-bond acceptors (Lipinski definition) is 2. The van der Waals surface area contributed by atoms with Gasteiger partial charge in [0.15, 0.2) is 0 Å². The third-order valence-electron chi connectivity index (χ3n) is 1.68. The molecule has 2 atom stereocenters. The SMILES string of the molecule is CC[C@H]1C(=O)N[C@@H]1OC.